The van der Waals surface area contributed by atoms with E-state index in [0.29, 0.717) is 21.5 Å². The number of carbonyl (C=O) groups excluding carboxylic acids is 1. The van der Waals surface area contributed by atoms with Crippen LogP contribution in [0.1, 0.15) is 5.56 Å². The maximum atomic E-state index is 11.1. The molecular weight excluding hydrogens is 313 g/mol. The quantitative estimate of drug-likeness (QED) is 0.882. The minimum Gasteiger partial charge on any atom is -0.489 e. The average Bonchev–Trinajstić information content (AvgIpc) is 2.48. The molecule has 0 saturated heterocycles. The van der Waals surface area contributed by atoms with Crippen LogP contribution in [0, 0.1) is 0 Å². The van der Waals surface area contributed by atoms with Crippen LogP contribution < -0.4 is 10.1 Å². The first-order valence-corrected chi connectivity index (χ1v) is 6.86. The zero-order chi connectivity index (χ0) is 15.2. The second-order valence-corrected chi connectivity index (χ2v) is 4.94. The molecule has 110 valence electrons. The smallest absolute Gasteiger partial charge is 0.411 e. The van der Waals surface area contributed by atoms with E-state index >= 15 is 0 Å². The molecule has 21 heavy (non-hydrogen) atoms. The Labute approximate surface area is 132 Å². The zero-order valence-electron chi connectivity index (χ0n) is 11.2. The zero-order valence-corrected chi connectivity index (χ0v) is 12.7. The Morgan fingerprint density at radius 1 is 1.10 bits per heavy atom. The summed E-state index contributed by atoms with van der Waals surface area (Å²) in [4.78, 5) is 11.1. The van der Waals surface area contributed by atoms with E-state index in [4.69, 9.17) is 27.9 Å². The predicted octanol–water partition coefficient (Wildman–Crippen LogP) is 4.75. The van der Waals surface area contributed by atoms with Crippen LogP contribution >= 0.6 is 23.2 Å². The molecule has 0 aromatic heterocycles. The van der Waals surface area contributed by atoms with Gasteiger partial charge < -0.3 is 9.47 Å². The molecule has 0 bridgehead atoms. The highest BCUT2D eigenvalue weighted by Gasteiger charge is 2.06. The van der Waals surface area contributed by atoms with Crippen molar-refractivity contribution in [2.75, 3.05) is 12.4 Å². The molecule has 6 heteroatoms. The van der Waals surface area contributed by atoms with E-state index in [1.165, 1.54) is 7.11 Å². The first-order chi connectivity index (χ1) is 10.1. The Bertz CT molecular complexity index is 609. The molecule has 0 atom stereocenters. The van der Waals surface area contributed by atoms with E-state index in [0.717, 1.165) is 5.56 Å². The molecule has 0 saturated carbocycles. The molecule has 1 N–H and O–H groups in total. The van der Waals surface area contributed by atoms with Gasteiger partial charge in [0.1, 0.15) is 12.4 Å². The number of amides is 1. The van der Waals surface area contributed by atoms with E-state index in [2.05, 4.69) is 10.1 Å². The molecule has 2 aromatic rings. The average molecular weight is 326 g/mol. The molecule has 4 nitrogen and oxygen atoms in total. The van der Waals surface area contributed by atoms with Gasteiger partial charge in [-0.1, -0.05) is 29.3 Å². The first kappa shape index (κ1) is 15.5. The molecular formula is C15H13Cl2NO3. The summed E-state index contributed by atoms with van der Waals surface area (Å²) in [6, 6.07) is 12.2. The van der Waals surface area contributed by atoms with Gasteiger partial charge in [0.2, 0.25) is 0 Å². The number of anilines is 1. The number of halogens is 2. The third kappa shape index (κ3) is 4.28. The van der Waals surface area contributed by atoms with Crippen molar-refractivity contribution in [2.45, 2.75) is 6.61 Å². The van der Waals surface area contributed by atoms with Gasteiger partial charge in [0, 0.05) is 21.3 Å². The minimum atomic E-state index is -0.522. The third-order valence-corrected chi connectivity index (χ3v) is 3.44. The van der Waals surface area contributed by atoms with Crippen molar-refractivity contribution in [1.82, 2.24) is 0 Å². The van der Waals surface area contributed by atoms with Gasteiger partial charge in [-0.05, 0) is 36.4 Å². The van der Waals surface area contributed by atoms with E-state index in [-0.39, 0.29) is 6.61 Å². The third-order valence-electron chi connectivity index (χ3n) is 2.73. The van der Waals surface area contributed by atoms with Crippen molar-refractivity contribution in [3.05, 3.63) is 58.1 Å². The van der Waals surface area contributed by atoms with Crippen LogP contribution in [0.3, 0.4) is 0 Å². The highest BCUT2D eigenvalue weighted by Crippen LogP contribution is 2.26. The Morgan fingerprint density at radius 3 is 2.29 bits per heavy atom. The van der Waals surface area contributed by atoms with Gasteiger partial charge in [-0.25, -0.2) is 4.79 Å². The molecule has 0 fully saturated rings. The van der Waals surface area contributed by atoms with Gasteiger partial charge in [0.05, 0.1) is 7.11 Å². The summed E-state index contributed by atoms with van der Waals surface area (Å²) >= 11 is 12.1. The molecule has 0 spiro atoms. The Hall–Kier alpha value is -1.91. The summed E-state index contributed by atoms with van der Waals surface area (Å²) in [5.74, 6) is 0.640. The minimum absolute atomic E-state index is 0.266. The van der Waals surface area contributed by atoms with Gasteiger partial charge in [0.15, 0.2) is 0 Å². The fourth-order valence-electron chi connectivity index (χ4n) is 1.63. The number of benzene rings is 2. The number of rotatable bonds is 4. The predicted molar refractivity (Wildman–Crippen MR) is 83.3 cm³/mol. The summed E-state index contributed by atoms with van der Waals surface area (Å²) in [6.45, 7) is 0.266. The molecule has 0 aliphatic carbocycles. The maximum absolute atomic E-state index is 11.1. The molecule has 0 heterocycles. The van der Waals surface area contributed by atoms with Crippen LogP contribution in [0.5, 0.6) is 5.75 Å². The normalized spacial score (nSPS) is 10.0. The molecule has 0 aliphatic rings. The molecule has 1 amide bonds. The summed E-state index contributed by atoms with van der Waals surface area (Å²) in [7, 11) is 1.31. The molecule has 0 unspecified atom stereocenters. The number of carbonyl (C=O) groups is 1. The Morgan fingerprint density at radius 2 is 1.71 bits per heavy atom. The monoisotopic (exact) mass is 325 g/mol. The topological polar surface area (TPSA) is 47.6 Å². The highest BCUT2D eigenvalue weighted by molar-refractivity contribution is 6.35. The summed E-state index contributed by atoms with van der Waals surface area (Å²) in [5.41, 5.74) is 1.35. The standard InChI is InChI=1S/C15H13Cl2NO3/c1-20-15(19)18-10-5-7-11(8-6-10)21-9-12-13(16)3-2-4-14(12)17/h2-8H,9H2,1H3,(H,18,19). The van der Waals surface area contributed by atoms with Crippen LogP contribution in [0.2, 0.25) is 10.0 Å². The van der Waals surface area contributed by atoms with Crippen LogP contribution in [-0.2, 0) is 11.3 Å². The van der Waals surface area contributed by atoms with Crippen molar-refractivity contribution < 1.29 is 14.3 Å². The lowest BCUT2D eigenvalue weighted by Gasteiger charge is -2.10. The van der Waals surface area contributed by atoms with Crippen LogP contribution in [0.25, 0.3) is 0 Å². The lowest BCUT2D eigenvalue weighted by atomic mass is 10.2. The van der Waals surface area contributed by atoms with Crippen LogP contribution in [0.15, 0.2) is 42.5 Å². The second kappa shape index (κ2) is 7.20. The fourth-order valence-corrected chi connectivity index (χ4v) is 2.14. The molecule has 2 aromatic carbocycles. The van der Waals surface area contributed by atoms with E-state index in [9.17, 15) is 4.79 Å². The Kier molecular flexibility index (Phi) is 5.31. The van der Waals surface area contributed by atoms with E-state index in [1.807, 2.05) is 0 Å². The number of ether oxygens (including phenoxy) is 2. The van der Waals surface area contributed by atoms with Crippen molar-refractivity contribution >= 4 is 35.0 Å². The van der Waals surface area contributed by atoms with E-state index in [1.54, 1.807) is 42.5 Å². The fraction of sp³-hybridized carbons (Fsp3) is 0.133. The Balaban J connectivity index is 1.99. The number of nitrogens with one attached hydrogen (secondary N) is 1. The maximum Gasteiger partial charge on any atom is 0.411 e. The molecule has 0 aliphatic heterocycles. The van der Waals surface area contributed by atoms with Crippen molar-refractivity contribution in [1.29, 1.82) is 0 Å². The molecule has 0 radical (unpaired) electrons. The highest BCUT2D eigenvalue weighted by atomic mass is 35.5. The first-order valence-electron chi connectivity index (χ1n) is 6.11. The van der Waals surface area contributed by atoms with Crippen molar-refractivity contribution in [3.8, 4) is 5.75 Å². The van der Waals surface area contributed by atoms with Crippen LogP contribution in [-0.4, -0.2) is 13.2 Å². The lowest BCUT2D eigenvalue weighted by molar-refractivity contribution is 0.187. The summed E-state index contributed by atoms with van der Waals surface area (Å²) in [6.07, 6.45) is -0.522. The number of hydrogen-bond acceptors (Lipinski definition) is 3. The van der Waals surface area contributed by atoms with Crippen LogP contribution in [0.4, 0.5) is 10.5 Å². The van der Waals surface area contributed by atoms with Gasteiger partial charge >= 0.3 is 6.09 Å². The number of methoxy groups -OCH3 is 1. The van der Waals surface area contributed by atoms with Crippen molar-refractivity contribution in [2.24, 2.45) is 0 Å². The number of hydrogen-bond donors (Lipinski definition) is 1. The SMILES string of the molecule is COC(=O)Nc1ccc(OCc2c(Cl)cccc2Cl)cc1. The largest absolute Gasteiger partial charge is 0.489 e. The van der Waals surface area contributed by atoms with Gasteiger partial charge in [-0.2, -0.15) is 0 Å². The van der Waals surface area contributed by atoms with Gasteiger partial charge in [-0.15, -0.1) is 0 Å². The van der Waals surface area contributed by atoms with Gasteiger partial charge in [0.25, 0.3) is 0 Å². The van der Waals surface area contributed by atoms with Crippen molar-refractivity contribution in [3.63, 3.8) is 0 Å². The summed E-state index contributed by atoms with van der Waals surface area (Å²) < 4.78 is 10.1. The van der Waals surface area contributed by atoms with E-state index < -0.39 is 6.09 Å². The lowest BCUT2D eigenvalue weighted by Crippen LogP contribution is -2.10. The summed E-state index contributed by atoms with van der Waals surface area (Å²) in [5, 5.41) is 3.67. The second-order valence-electron chi connectivity index (χ2n) is 4.13. The van der Waals surface area contributed by atoms with Gasteiger partial charge in [-0.3, -0.25) is 5.32 Å². The molecule has 2 rings (SSSR count).